The Hall–Kier alpha value is -1.06. The summed E-state index contributed by atoms with van der Waals surface area (Å²) in [6.07, 6.45) is 2.84. The molecule has 0 spiro atoms. The van der Waals surface area contributed by atoms with Crippen LogP contribution in [0, 0.1) is 0 Å². The van der Waals surface area contributed by atoms with E-state index in [0.29, 0.717) is 6.10 Å². The Morgan fingerprint density at radius 1 is 1.38 bits per heavy atom. The summed E-state index contributed by atoms with van der Waals surface area (Å²) in [7, 11) is 2.14. The minimum atomic E-state index is 0.429. The van der Waals surface area contributed by atoms with Crippen molar-refractivity contribution in [3.05, 3.63) is 29.8 Å². The molecule has 2 rings (SSSR count). The number of nitrogen functional groups attached to an aromatic ring is 1. The number of hydrogen-bond acceptors (Lipinski definition) is 3. The Morgan fingerprint density at radius 3 is 2.75 bits per heavy atom. The minimum Gasteiger partial charge on any atom is -0.399 e. The van der Waals surface area contributed by atoms with Gasteiger partial charge in [0.2, 0.25) is 0 Å². The van der Waals surface area contributed by atoms with Crippen LogP contribution in [0.15, 0.2) is 24.3 Å². The second kappa shape index (κ2) is 5.32. The van der Waals surface area contributed by atoms with E-state index < -0.39 is 0 Å². The molecule has 0 aromatic heterocycles. The van der Waals surface area contributed by atoms with E-state index in [1.807, 2.05) is 12.1 Å². The summed E-state index contributed by atoms with van der Waals surface area (Å²) >= 11 is 0. The number of ether oxygens (including phenoxy) is 1. The number of nitrogens with two attached hydrogens (primary N) is 1. The Kier molecular flexibility index (Phi) is 3.80. The van der Waals surface area contributed by atoms with Gasteiger partial charge in [0.25, 0.3) is 0 Å². The average molecular weight is 220 g/mol. The Morgan fingerprint density at radius 2 is 2.12 bits per heavy atom. The molecule has 0 aliphatic carbocycles. The first-order valence-electron chi connectivity index (χ1n) is 5.88. The van der Waals surface area contributed by atoms with Crippen molar-refractivity contribution in [2.45, 2.75) is 25.5 Å². The molecule has 1 heterocycles. The van der Waals surface area contributed by atoms with Crippen LogP contribution in [-0.2, 0) is 11.3 Å². The first-order valence-corrected chi connectivity index (χ1v) is 5.88. The fourth-order valence-corrected chi connectivity index (χ4v) is 2.14. The smallest absolute Gasteiger partial charge is 0.0702 e. The second-order valence-corrected chi connectivity index (χ2v) is 4.57. The Bertz CT molecular complexity index is 317. The van der Waals surface area contributed by atoms with Crippen molar-refractivity contribution >= 4 is 5.69 Å². The quantitative estimate of drug-likeness (QED) is 0.787. The molecular formula is C13H20N2O. The van der Waals surface area contributed by atoms with Crippen LogP contribution >= 0.6 is 0 Å². The highest BCUT2D eigenvalue weighted by molar-refractivity contribution is 5.39. The minimum absolute atomic E-state index is 0.429. The molecule has 1 unspecified atom stereocenters. The molecule has 1 aromatic carbocycles. The van der Waals surface area contributed by atoms with Gasteiger partial charge in [-0.2, -0.15) is 0 Å². The van der Waals surface area contributed by atoms with Gasteiger partial charge in [0.15, 0.2) is 0 Å². The third-order valence-corrected chi connectivity index (χ3v) is 2.97. The summed E-state index contributed by atoms with van der Waals surface area (Å²) < 4.78 is 5.62. The van der Waals surface area contributed by atoms with Crippen molar-refractivity contribution in [3.8, 4) is 0 Å². The molecule has 0 amide bonds. The SMILES string of the molecule is CN(Cc1ccc(N)cc1)CC1CCCO1. The summed E-state index contributed by atoms with van der Waals surface area (Å²) in [6.45, 7) is 2.91. The third-order valence-electron chi connectivity index (χ3n) is 2.97. The van der Waals surface area contributed by atoms with Gasteiger partial charge in [-0.05, 0) is 37.6 Å². The fraction of sp³-hybridized carbons (Fsp3) is 0.538. The molecule has 1 aromatic rings. The zero-order valence-corrected chi connectivity index (χ0v) is 9.86. The summed E-state index contributed by atoms with van der Waals surface area (Å²) in [5, 5.41) is 0. The van der Waals surface area contributed by atoms with Gasteiger partial charge in [-0.1, -0.05) is 12.1 Å². The van der Waals surface area contributed by atoms with Gasteiger partial charge in [0, 0.05) is 25.4 Å². The molecule has 3 heteroatoms. The number of rotatable bonds is 4. The molecule has 1 atom stereocenters. The predicted molar refractivity (Wildman–Crippen MR) is 66.2 cm³/mol. The molecule has 1 aliphatic heterocycles. The lowest BCUT2D eigenvalue weighted by Gasteiger charge is -2.20. The summed E-state index contributed by atoms with van der Waals surface area (Å²) in [5.41, 5.74) is 7.78. The molecule has 2 N–H and O–H groups in total. The normalized spacial score (nSPS) is 20.5. The fourth-order valence-electron chi connectivity index (χ4n) is 2.14. The average Bonchev–Trinajstić information content (AvgIpc) is 2.74. The zero-order chi connectivity index (χ0) is 11.4. The van der Waals surface area contributed by atoms with E-state index in [-0.39, 0.29) is 0 Å². The standard InChI is InChI=1S/C13H20N2O/c1-15(10-13-3-2-8-16-13)9-11-4-6-12(14)7-5-11/h4-7,13H,2-3,8-10,14H2,1H3. The van der Waals surface area contributed by atoms with Gasteiger partial charge in [0.05, 0.1) is 6.10 Å². The summed E-state index contributed by atoms with van der Waals surface area (Å²) in [6, 6.07) is 8.08. The number of likely N-dealkylation sites (N-methyl/N-ethyl adjacent to an activating group) is 1. The maximum Gasteiger partial charge on any atom is 0.0702 e. The lowest BCUT2D eigenvalue weighted by atomic mass is 10.2. The lowest BCUT2D eigenvalue weighted by molar-refractivity contribution is 0.0793. The van der Waals surface area contributed by atoms with E-state index >= 15 is 0 Å². The number of hydrogen-bond donors (Lipinski definition) is 1. The van der Waals surface area contributed by atoms with Crippen LogP contribution in [0.25, 0.3) is 0 Å². The summed E-state index contributed by atoms with van der Waals surface area (Å²) in [5.74, 6) is 0. The maximum absolute atomic E-state index is 5.66. The number of benzene rings is 1. The molecule has 0 radical (unpaired) electrons. The highest BCUT2D eigenvalue weighted by atomic mass is 16.5. The van der Waals surface area contributed by atoms with E-state index in [2.05, 4.69) is 24.1 Å². The van der Waals surface area contributed by atoms with Gasteiger partial charge in [-0.15, -0.1) is 0 Å². The van der Waals surface area contributed by atoms with Crippen molar-refractivity contribution in [2.24, 2.45) is 0 Å². The van der Waals surface area contributed by atoms with Crippen LogP contribution in [0.1, 0.15) is 18.4 Å². The first-order chi connectivity index (χ1) is 7.74. The summed E-state index contributed by atoms with van der Waals surface area (Å²) in [4.78, 5) is 2.31. The van der Waals surface area contributed by atoms with Crippen molar-refractivity contribution in [1.29, 1.82) is 0 Å². The molecule has 0 bridgehead atoms. The molecule has 1 fully saturated rings. The number of nitrogens with zero attached hydrogens (tertiary/aromatic N) is 1. The van der Waals surface area contributed by atoms with E-state index in [9.17, 15) is 0 Å². The van der Waals surface area contributed by atoms with Crippen LogP contribution in [0.5, 0.6) is 0 Å². The molecule has 1 aliphatic rings. The van der Waals surface area contributed by atoms with Crippen LogP contribution in [-0.4, -0.2) is 31.2 Å². The zero-order valence-electron chi connectivity index (χ0n) is 9.86. The monoisotopic (exact) mass is 220 g/mol. The Balaban J connectivity index is 1.81. The predicted octanol–water partition coefficient (Wildman–Crippen LogP) is 1.88. The van der Waals surface area contributed by atoms with Crippen LogP contribution in [0.2, 0.25) is 0 Å². The second-order valence-electron chi connectivity index (χ2n) is 4.57. The molecule has 0 saturated carbocycles. The van der Waals surface area contributed by atoms with E-state index in [4.69, 9.17) is 10.5 Å². The van der Waals surface area contributed by atoms with Gasteiger partial charge in [-0.25, -0.2) is 0 Å². The van der Waals surface area contributed by atoms with Gasteiger partial charge in [0.1, 0.15) is 0 Å². The molecule has 16 heavy (non-hydrogen) atoms. The van der Waals surface area contributed by atoms with Crippen molar-refractivity contribution < 1.29 is 4.74 Å². The van der Waals surface area contributed by atoms with Gasteiger partial charge < -0.3 is 10.5 Å². The van der Waals surface area contributed by atoms with Crippen molar-refractivity contribution in [3.63, 3.8) is 0 Å². The Labute approximate surface area is 97.2 Å². The topological polar surface area (TPSA) is 38.5 Å². The van der Waals surface area contributed by atoms with Crippen molar-refractivity contribution in [2.75, 3.05) is 25.9 Å². The van der Waals surface area contributed by atoms with E-state index in [1.54, 1.807) is 0 Å². The lowest BCUT2D eigenvalue weighted by Crippen LogP contribution is -2.28. The molecular weight excluding hydrogens is 200 g/mol. The maximum atomic E-state index is 5.66. The highest BCUT2D eigenvalue weighted by Crippen LogP contribution is 2.14. The van der Waals surface area contributed by atoms with Gasteiger partial charge in [-0.3, -0.25) is 4.90 Å². The van der Waals surface area contributed by atoms with E-state index in [1.165, 1.54) is 18.4 Å². The molecule has 88 valence electrons. The van der Waals surface area contributed by atoms with Crippen LogP contribution in [0.3, 0.4) is 0 Å². The van der Waals surface area contributed by atoms with Crippen LogP contribution < -0.4 is 5.73 Å². The first kappa shape index (κ1) is 11.4. The largest absolute Gasteiger partial charge is 0.399 e. The van der Waals surface area contributed by atoms with E-state index in [0.717, 1.165) is 25.4 Å². The van der Waals surface area contributed by atoms with Crippen molar-refractivity contribution in [1.82, 2.24) is 4.90 Å². The molecule has 3 nitrogen and oxygen atoms in total. The highest BCUT2D eigenvalue weighted by Gasteiger charge is 2.17. The molecule has 1 saturated heterocycles. The van der Waals surface area contributed by atoms with Crippen LogP contribution in [0.4, 0.5) is 5.69 Å². The third kappa shape index (κ3) is 3.22. The number of anilines is 1. The van der Waals surface area contributed by atoms with Gasteiger partial charge >= 0.3 is 0 Å².